The number of ether oxygens (including phenoxy) is 1. The number of hydrogen-bond donors (Lipinski definition) is 2. The third kappa shape index (κ3) is 2.90. The van der Waals surface area contributed by atoms with Crippen molar-refractivity contribution in [3.63, 3.8) is 0 Å². The highest BCUT2D eigenvalue weighted by Crippen LogP contribution is 2.31. The third-order valence-electron chi connectivity index (χ3n) is 2.68. The minimum absolute atomic E-state index is 0.124. The zero-order valence-electron chi connectivity index (χ0n) is 10.4. The van der Waals surface area contributed by atoms with Crippen LogP contribution in [0.2, 0.25) is 5.02 Å². The Hall–Kier alpha value is -1.26. The van der Waals surface area contributed by atoms with Gasteiger partial charge < -0.3 is 4.74 Å². The Balaban J connectivity index is 3.07. The molecule has 0 heterocycles. The minimum atomic E-state index is -0.668. The maximum Gasteiger partial charge on any atom is 0.244 e. The molecule has 0 saturated carbocycles. The monoisotopic (exact) mass is 256 g/mol. The van der Waals surface area contributed by atoms with Crippen LogP contribution in [0.1, 0.15) is 19.4 Å². The van der Waals surface area contributed by atoms with Crippen molar-refractivity contribution in [2.24, 2.45) is 0 Å². The van der Waals surface area contributed by atoms with Gasteiger partial charge >= 0.3 is 0 Å². The Morgan fingerprint density at radius 1 is 1.41 bits per heavy atom. The fourth-order valence-electron chi connectivity index (χ4n) is 1.46. The quantitative estimate of drug-likeness (QED) is 0.809. The summed E-state index contributed by atoms with van der Waals surface area (Å²) >= 11 is 6.04. The molecular formula is C12H17ClN2O2. The normalized spacial score (nSPS) is 11.1. The van der Waals surface area contributed by atoms with Crippen molar-refractivity contribution < 1.29 is 9.53 Å². The molecule has 0 aliphatic heterocycles. The number of rotatable bonds is 4. The zero-order valence-corrected chi connectivity index (χ0v) is 11.2. The summed E-state index contributed by atoms with van der Waals surface area (Å²) in [6, 6.07) is 5.33. The van der Waals surface area contributed by atoms with Gasteiger partial charge in [-0.1, -0.05) is 17.7 Å². The molecule has 0 unspecified atom stereocenters. The van der Waals surface area contributed by atoms with E-state index in [1.807, 2.05) is 19.9 Å². The topological polar surface area (TPSA) is 50.4 Å². The summed E-state index contributed by atoms with van der Waals surface area (Å²) in [7, 11) is 3.20. The molecular weight excluding hydrogens is 240 g/mol. The molecule has 2 N–H and O–H groups in total. The minimum Gasteiger partial charge on any atom is -0.495 e. The van der Waals surface area contributed by atoms with Crippen LogP contribution < -0.4 is 15.6 Å². The number of halogens is 1. The van der Waals surface area contributed by atoms with Crippen LogP contribution in [0.25, 0.3) is 0 Å². The largest absolute Gasteiger partial charge is 0.495 e. The van der Waals surface area contributed by atoms with E-state index in [1.165, 1.54) is 0 Å². The molecule has 0 aromatic heterocycles. The number of hydrogen-bond acceptors (Lipinski definition) is 3. The van der Waals surface area contributed by atoms with Crippen LogP contribution in [-0.2, 0) is 10.2 Å². The lowest BCUT2D eigenvalue weighted by atomic mass is 9.84. The van der Waals surface area contributed by atoms with E-state index in [4.69, 9.17) is 16.3 Å². The van der Waals surface area contributed by atoms with Gasteiger partial charge in [0.25, 0.3) is 0 Å². The molecule has 0 aliphatic rings. The van der Waals surface area contributed by atoms with Crippen molar-refractivity contribution in [1.82, 2.24) is 10.9 Å². The maximum absolute atomic E-state index is 11.9. The number of nitrogens with one attached hydrogen (secondary N) is 2. The second kappa shape index (κ2) is 5.38. The van der Waals surface area contributed by atoms with Gasteiger partial charge in [0.15, 0.2) is 0 Å². The number of methoxy groups -OCH3 is 1. The second-order valence-electron chi connectivity index (χ2n) is 4.18. The van der Waals surface area contributed by atoms with E-state index >= 15 is 0 Å². The van der Waals surface area contributed by atoms with Crippen LogP contribution in [0, 0.1) is 0 Å². The molecule has 0 bridgehead atoms. The molecule has 0 aliphatic carbocycles. The Morgan fingerprint density at radius 3 is 2.53 bits per heavy atom. The summed E-state index contributed by atoms with van der Waals surface area (Å²) in [4.78, 5) is 11.9. The Labute approximate surface area is 106 Å². The average molecular weight is 257 g/mol. The number of carbonyl (C=O) groups excluding carboxylic acids is 1. The van der Waals surface area contributed by atoms with Crippen molar-refractivity contribution in [1.29, 1.82) is 0 Å². The average Bonchev–Trinajstić information content (AvgIpc) is 2.29. The SMILES string of the molecule is CNNC(=O)C(C)(C)c1ccc(OC)c(Cl)c1. The first-order valence-corrected chi connectivity index (χ1v) is 5.62. The van der Waals surface area contributed by atoms with E-state index < -0.39 is 5.41 Å². The molecule has 4 nitrogen and oxygen atoms in total. The van der Waals surface area contributed by atoms with Crippen molar-refractivity contribution >= 4 is 17.5 Å². The summed E-state index contributed by atoms with van der Waals surface area (Å²) in [5, 5.41) is 0.496. The van der Waals surface area contributed by atoms with Crippen LogP contribution >= 0.6 is 11.6 Å². The lowest BCUT2D eigenvalue weighted by molar-refractivity contribution is -0.126. The van der Waals surface area contributed by atoms with Gasteiger partial charge in [0.05, 0.1) is 17.5 Å². The van der Waals surface area contributed by atoms with Crippen molar-refractivity contribution in [2.45, 2.75) is 19.3 Å². The predicted octanol–water partition coefficient (Wildman–Crippen LogP) is 1.88. The molecule has 0 spiro atoms. The van der Waals surface area contributed by atoms with Gasteiger partial charge in [-0.3, -0.25) is 10.2 Å². The van der Waals surface area contributed by atoms with Crippen molar-refractivity contribution in [3.8, 4) is 5.75 Å². The molecule has 1 aromatic rings. The maximum atomic E-state index is 11.9. The lowest BCUT2D eigenvalue weighted by Crippen LogP contribution is -2.45. The highest BCUT2D eigenvalue weighted by atomic mass is 35.5. The molecule has 94 valence electrons. The van der Waals surface area contributed by atoms with Gasteiger partial charge in [-0.2, -0.15) is 0 Å². The fraction of sp³-hybridized carbons (Fsp3) is 0.417. The summed E-state index contributed by atoms with van der Waals surface area (Å²) in [5.41, 5.74) is 5.35. The summed E-state index contributed by atoms with van der Waals surface area (Å²) < 4.78 is 5.08. The molecule has 0 atom stereocenters. The number of hydrazine groups is 1. The number of benzene rings is 1. The van der Waals surface area contributed by atoms with Gasteiger partial charge in [-0.25, -0.2) is 5.43 Å². The molecule has 1 amide bonds. The first kappa shape index (κ1) is 13.8. The van der Waals surface area contributed by atoms with Crippen molar-refractivity contribution in [3.05, 3.63) is 28.8 Å². The van der Waals surface area contributed by atoms with Gasteiger partial charge in [0, 0.05) is 7.05 Å². The van der Waals surface area contributed by atoms with Crippen molar-refractivity contribution in [2.75, 3.05) is 14.2 Å². The van der Waals surface area contributed by atoms with E-state index in [9.17, 15) is 4.79 Å². The number of amides is 1. The van der Waals surface area contributed by atoms with Crippen LogP contribution in [0.15, 0.2) is 18.2 Å². The Bertz CT molecular complexity index is 419. The summed E-state index contributed by atoms with van der Waals surface area (Å²) in [6.45, 7) is 3.66. The first-order valence-electron chi connectivity index (χ1n) is 5.24. The molecule has 1 rings (SSSR count). The highest BCUT2D eigenvalue weighted by Gasteiger charge is 2.30. The third-order valence-corrected chi connectivity index (χ3v) is 2.98. The van der Waals surface area contributed by atoms with E-state index in [-0.39, 0.29) is 5.91 Å². The van der Waals surface area contributed by atoms with Crippen LogP contribution in [-0.4, -0.2) is 20.1 Å². The Kier molecular flexibility index (Phi) is 4.37. The van der Waals surface area contributed by atoms with Gasteiger partial charge in [0.2, 0.25) is 5.91 Å². The molecule has 5 heteroatoms. The summed E-state index contributed by atoms with van der Waals surface area (Å²) in [5.74, 6) is 0.474. The number of carbonyl (C=O) groups is 1. The van der Waals surface area contributed by atoms with Gasteiger partial charge in [-0.05, 0) is 31.5 Å². The lowest BCUT2D eigenvalue weighted by Gasteiger charge is -2.24. The molecule has 0 radical (unpaired) electrons. The Morgan fingerprint density at radius 2 is 2.06 bits per heavy atom. The second-order valence-corrected chi connectivity index (χ2v) is 4.59. The first-order chi connectivity index (χ1) is 7.93. The predicted molar refractivity (Wildman–Crippen MR) is 68.2 cm³/mol. The molecule has 0 saturated heterocycles. The summed E-state index contributed by atoms with van der Waals surface area (Å²) in [6.07, 6.45) is 0. The van der Waals surface area contributed by atoms with Gasteiger partial charge in [-0.15, -0.1) is 0 Å². The highest BCUT2D eigenvalue weighted by molar-refractivity contribution is 6.32. The zero-order chi connectivity index (χ0) is 13.1. The van der Waals surface area contributed by atoms with Crippen LogP contribution in [0.3, 0.4) is 0 Å². The fourth-order valence-corrected chi connectivity index (χ4v) is 1.71. The van der Waals surface area contributed by atoms with E-state index in [0.29, 0.717) is 10.8 Å². The van der Waals surface area contributed by atoms with Crippen LogP contribution in [0.5, 0.6) is 5.75 Å². The van der Waals surface area contributed by atoms with E-state index in [2.05, 4.69) is 10.9 Å². The van der Waals surface area contributed by atoms with Crippen LogP contribution in [0.4, 0.5) is 0 Å². The molecule has 1 aromatic carbocycles. The standard InChI is InChI=1S/C12H17ClN2O2/c1-12(2,11(16)15-14-3)8-5-6-10(17-4)9(13)7-8/h5-7,14H,1-4H3,(H,15,16). The smallest absolute Gasteiger partial charge is 0.244 e. The van der Waals surface area contributed by atoms with Gasteiger partial charge in [0.1, 0.15) is 5.75 Å². The molecule has 17 heavy (non-hydrogen) atoms. The van der Waals surface area contributed by atoms with E-state index in [0.717, 1.165) is 5.56 Å². The van der Waals surface area contributed by atoms with E-state index in [1.54, 1.807) is 26.3 Å². The molecule has 0 fully saturated rings.